The first-order valence-corrected chi connectivity index (χ1v) is 22.6. The van der Waals surface area contributed by atoms with Crippen LogP contribution in [0.2, 0.25) is 0 Å². The summed E-state index contributed by atoms with van der Waals surface area (Å²) >= 11 is 0. The molecule has 0 saturated heterocycles. The third kappa shape index (κ3) is 6.39. The van der Waals surface area contributed by atoms with E-state index in [2.05, 4.69) is 162 Å². The van der Waals surface area contributed by atoms with E-state index in [0.29, 0.717) is 5.82 Å². The Kier molecular flexibility index (Phi) is 9.40. The number of hydrogen-bond acceptors (Lipinski definition) is 5. The maximum absolute atomic E-state index is 7.40. The summed E-state index contributed by atoms with van der Waals surface area (Å²) in [6.07, 6.45) is 42.8. The molecule has 12 rings (SSSR count). The zero-order valence-electron chi connectivity index (χ0n) is 34.9. The number of rotatable bonds is 7. The minimum absolute atomic E-state index is 0.0770. The Morgan fingerprint density at radius 1 is 0.645 bits per heavy atom. The van der Waals surface area contributed by atoms with Gasteiger partial charge in [0.1, 0.15) is 17.7 Å². The average Bonchev–Trinajstić information content (AvgIpc) is 3.91. The molecule has 0 radical (unpaired) electrons. The molecule has 0 amide bonds. The summed E-state index contributed by atoms with van der Waals surface area (Å²) in [5, 5.41) is 6.55. The smallest absolute Gasteiger partial charge is 0.163 e. The Morgan fingerprint density at radius 3 is 2.26 bits per heavy atom. The van der Waals surface area contributed by atoms with E-state index in [1.165, 1.54) is 60.9 Å². The van der Waals surface area contributed by atoms with Crippen molar-refractivity contribution in [3.63, 3.8) is 0 Å². The minimum atomic E-state index is -0.199. The van der Waals surface area contributed by atoms with E-state index in [-0.39, 0.29) is 24.0 Å². The van der Waals surface area contributed by atoms with Gasteiger partial charge >= 0.3 is 0 Å². The van der Waals surface area contributed by atoms with E-state index in [0.717, 1.165) is 86.4 Å². The van der Waals surface area contributed by atoms with Crippen LogP contribution in [0.5, 0.6) is 5.75 Å². The van der Waals surface area contributed by atoms with E-state index in [1.807, 2.05) is 6.07 Å². The van der Waals surface area contributed by atoms with E-state index in [9.17, 15) is 0 Å². The first-order valence-electron chi connectivity index (χ1n) is 22.6. The summed E-state index contributed by atoms with van der Waals surface area (Å²) in [5.41, 5.74) is 13.5. The number of benzene rings is 3. The summed E-state index contributed by atoms with van der Waals surface area (Å²) in [5.74, 6) is 3.07. The van der Waals surface area contributed by atoms with Crippen LogP contribution in [0, 0.1) is 0 Å². The van der Waals surface area contributed by atoms with Crippen LogP contribution in [0.4, 0.5) is 0 Å². The Labute approximate surface area is 363 Å². The SMILES string of the molecule is C1=CCCC(n2c3ccccc3c3c4c(ccc32)[C@@H]2C=CC=C(C3NCC(C5=CCCC=C5C5=CCCC=C5)=CC3c3nc(C5=CCCC=C5)nc(-c5ccccc5)n3)C2O4)=C1. The Balaban J connectivity index is 0.993. The van der Waals surface area contributed by atoms with Crippen molar-refractivity contribution in [3.8, 4) is 17.1 Å². The highest BCUT2D eigenvalue weighted by Crippen LogP contribution is 2.52. The number of hydrogen-bond donors (Lipinski definition) is 1. The molecule has 1 N–H and O–H groups in total. The molecular formula is C56H49N5O. The molecule has 2 aliphatic heterocycles. The molecule has 5 aromatic rings. The lowest BCUT2D eigenvalue weighted by molar-refractivity contribution is 0.240. The molecule has 62 heavy (non-hydrogen) atoms. The van der Waals surface area contributed by atoms with Gasteiger partial charge in [-0.2, -0.15) is 0 Å². The molecule has 3 unspecified atom stereocenters. The second-order valence-corrected chi connectivity index (χ2v) is 17.3. The summed E-state index contributed by atoms with van der Waals surface area (Å²) in [6.45, 7) is 0.728. The van der Waals surface area contributed by atoms with Gasteiger partial charge in [0, 0.05) is 46.3 Å². The second-order valence-electron chi connectivity index (χ2n) is 17.3. The number of para-hydroxylation sites is 1. The molecular weight excluding hydrogens is 759 g/mol. The van der Waals surface area contributed by atoms with Gasteiger partial charge < -0.3 is 14.6 Å². The fourth-order valence-electron chi connectivity index (χ4n) is 10.7. The van der Waals surface area contributed by atoms with Crippen LogP contribution in [0.3, 0.4) is 0 Å². The number of aromatic nitrogens is 4. The molecule has 7 aliphatic rings. The third-order valence-electron chi connectivity index (χ3n) is 13.6. The van der Waals surface area contributed by atoms with Crippen LogP contribution >= 0.6 is 0 Å². The average molecular weight is 808 g/mol. The van der Waals surface area contributed by atoms with Crippen LogP contribution in [0.25, 0.3) is 44.5 Å². The van der Waals surface area contributed by atoms with Crippen LogP contribution in [-0.2, 0) is 0 Å². The van der Waals surface area contributed by atoms with Crippen molar-refractivity contribution < 1.29 is 4.74 Å². The topological polar surface area (TPSA) is 64.9 Å². The summed E-state index contributed by atoms with van der Waals surface area (Å²) < 4.78 is 9.86. The van der Waals surface area contributed by atoms with Gasteiger partial charge in [-0.1, -0.05) is 140 Å². The predicted molar refractivity (Wildman–Crippen MR) is 253 cm³/mol. The molecule has 0 spiro atoms. The third-order valence-corrected chi connectivity index (χ3v) is 13.6. The fourth-order valence-corrected chi connectivity index (χ4v) is 10.7. The van der Waals surface area contributed by atoms with Crippen LogP contribution in [0.1, 0.15) is 80.4 Å². The molecule has 0 fully saturated rings. The molecule has 6 heteroatoms. The van der Waals surface area contributed by atoms with Crippen molar-refractivity contribution in [2.24, 2.45) is 0 Å². The van der Waals surface area contributed by atoms with Gasteiger partial charge in [0.25, 0.3) is 0 Å². The van der Waals surface area contributed by atoms with Crippen molar-refractivity contribution in [2.75, 3.05) is 6.54 Å². The monoisotopic (exact) mass is 807 g/mol. The van der Waals surface area contributed by atoms with Crippen LogP contribution in [-0.4, -0.2) is 38.2 Å². The van der Waals surface area contributed by atoms with Gasteiger partial charge in [0.2, 0.25) is 0 Å². The van der Waals surface area contributed by atoms with Crippen molar-refractivity contribution in [3.05, 3.63) is 203 Å². The van der Waals surface area contributed by atoms with Gasteiger partial charge in [0.05, 0.1) is 22.3 Å². The highest BCUT2D eigenvalue weighted by Gasteiger charge is 2.44. The molecule has 4 atom stereocenters. The maximum atomic E-state index is 7.40. The minimum Gasteiger partial charge on any atom is -0.484 e. The first-order chi connectivity index (χ1) is 30.8. The molecule has 0 bridgehead atoms. The van der Waals surface area contributed by atoms with Gasteiger partial charge in [-0.25, -0.2) is 15.0 Å². The van der Waals surface area contributed by atoms with Gasteiger partial charge in [-0.3, -0.25) is 0 Å². The Bertz CT molecular complexity index is 3010. The number of nitrogens with one attached hydrogen (secondary N) is 1. The zero-order valence-corrected chi connectivity index (χ0v) is 34.9. The lowest BCUT2D eigenvalue weighted by atomic mass is 9.76. The quantitative estimate of drug-likeness (QED) is 0.177. The lowest BCUT2D eigenvalue weighted by Crippen LogP contribution is -2.46. The second kappa shape index (κ2) is 15.7. The largest absolute Gasteiger partial charge is 0.484 e. The number of ether oxygens (including phenoxy) is 1. The molecule has 5 aliphatic carbocycles. The number of fused-ring (bicyclic) bond motifs is 7. The van der Waals surface area contributed by atoms with Gasteiger partial charge in [-0.15, -0.1) is 0 Å². The van der Waals surface area contributed by atoms with Crippen LogP contribution in [0.15, 0.2) is 186 Å². The Morgan fingerprint density at radius 2 is 1.44 bits per heavy atom. The van der Waals surface area contributed by atoms with Gasteiger partial charge in [0.15, 0.2) is 11.6 Å². The molecule has 304 valence electrons. The molecule has 6 nitrogen and oxygen atoms in total. The normalized spacial score (nSPS) is 24.0. The predicted octanol–water partition coefficient (Wildman–Crippen LogP) is 12.5. The zero-order chi connectivity index (χ0) is 41.0. The van der Waals surface area contributed by atoms with E-state index in [1.54, 1.807) is 0 Å². The summed E-state index contributed by atoms with van der Waals surface area (Å²) in [4.78, 5) is 15.9. The summed E-state index contributed by atoms with van der Waals surface area (Å²) in [7, 11) is 0. The standard InChI is InChI=1S/C56H49N5O/c1-5-18-36(19-6-1)41-26-13-14-27-42(41)39-34-47(56-59-54(37-20-7-2-8-21-37)58-55(60-56)38-22-9-3-10-23-38)51(57-35-39)46-30-17-29-43-44-32-33-49-50(53(44)62-52(43)46)45-28-15-16-31-48(45)61(49)40-24-11-4-12-25-40/h2,4-5,7-9,11,15-24,26-34,43,47,51-52,57H,1,3,6,10,12-14,25,35H2/t43-,47?,51?,52?/m0/s1. The van der Waals surface area contributed by atoms with E-state index < -0.39 is 0 Å². The van der Waals surface area contributed by atoms with Crippen molar-refractivity contribution in [1.82, 2.24) is 24.8 Å². The van der Waals surface area contributed by atoms with Crippen LogP contribution < -0.4 is 10.1 Å². The highest BCUT2D eigenvalue weighted by molar-refractivity contribution is 6.13. The number of allylic oxidation sites excluding steroid dienone is 17. The van der Waals surface area contributed by atoms with Gasteiger partial charge in [-0.05, 0) is 97.4 Å². The molecule has 0 saturated carbocycles. The fraction of sp³-hybridized carbons (Fsp3) is 0.232. The van der Waals surface area contributed by atoms with E-state index in [4.69, 9.17) is 19.7 Å². The molecule has 4 heterocycles. The maximum Gasteiger partial charge on any atom is 0.163 e. The van der Waals surface area contributed by atoms with Crippen molar-refractivity contribution >= 4 is 33.1 Å². The first kappa shape index (κ1) is 37.2. The lowest BCUT2D eigenvalue weighted by Gasteiger charge is -2.37. The molecule has 2 aromatic heterocycles. The highest BCUT2D eigenvalue weighted by atomic mass is 16.5. The van der Waals surface area contributed by atoms with E-state index >= 15 is 0 Å². The number of nitrogens with zero attached hydrogens (tertiary/aromatic N) is 4. The summed E-state index contributed by atoms with van der Waals surface area (Å²) in [6, 6.07) is 23.7. The van der Waals surface area contributed by atoms with Crippen molar-refractivity contribution in [2.45, 2.75) is 75.3 Å². The van der Waals surface area contributed by atoms with Crippen molar-refractivity contribution in [1.29, 1.82) is 0 Å². The Hall–Kier alpha value is -6.63. The molecule has 3 aromatic carbocycles.